The van der Waals surface area contributed by atoms with Crippen LogP contribution in [0.5, 0.6) is 0 Å². The standard InChI is InChI=1S/C16H26N2S/c1-4-9-18(14-5-6-14)12-16-8-7-15(19-16)11-17-10-13(2)3/h4,7-8,13-14,17H,1,5-6,9-12H2,2-3H3. The zero-order valence-electron chi connectivity index (χ0n) is 12.2. The lowest BCUT2D eigenvalue weighted by atomic mass is 10.2. The van der Waals surface area contributed by atoms with E-state index in [2.05, 4.69) is 42.8 Å². The molecule has 106 valence electrons. The highest BCUT2D eigenvalue weighted by atomic mass is 32.1. The van der Waals surface area contributed by atoms with Crippen LogP contribution >= 0.6 is 11.3 Å². The predicted molar refractivity (Wildman–Crippen MR) is 84.5 cm³/mol. The second kappa shape index (κ2) is 7.22. The Labute approximate surface area is 121 Å². The fourth-order valence-electron chi connectivity index (χ4n) is 2.23. The van der Waals surface area contributed by atoms with Crippen molar-refractivity contribution in [1.29, 1.82) is 0 Å². The highest BCUT2D eigenvalue weighted by Crippen LogP contribution is 2.29. The van der Waals surface area contributed by atoms with Gasteiger partial charge in [0.15, 0.2) is 0 Å². The molecule has 1 aromatic heterocycles. The maximum absolute atomic E-state index is 3.87. The summed E-state index contributed by atoms with van der Waals surface area (Å²) in [6, 6.07) is 5.37. The Morgan fingerprint density at radius 3 is 2.79 bits per heavy atom. The number of rotatable bonds is 9. The van der Waals surface area contributed by atoms with Crippen molar-refractivity contribution in [3.63, 3.8) is 0 Å². The minimum Gasteiger partial charge on any atom is -0.312 e. The molecule has 1 heterocycles. The van der Waals surface area contributed by atoms with Crippen molar-refractivity contribution in [3.05, 3.63) is 34.5 Å². The minimum atomic E-state index is 0.720. The summed E-state index contributed by atoms with van der Waals surface area (Å²) in [4.78, 5) is 5.48. The number of thiophene rings is 1. The van der Waals surface area contributed by atoms with Crippen molar-refractivity contribution in [2.45, 2.75) is 45.8 Å². The highest BCUT2D eigenvalue weighted by Gasteiger charge is 2.28. The SMILES string of the molecule is C=CCN(Cc1ccc(CNCC(C)C)s1)C1CC1. The molecule has 1 aliphatic rings. The van der Waals surface area contributed by atoms with E-state index >= 15 is 0 Å². The Morgan fingerprint density at radius 1 is 1.42 bits per heavy atom. The number of hydrogen-bond donors (Lipinski definition) is 1. The van der Waals surface area contributed by atoms with Gasteiger partial charge in [0.25, 0.3) is 0 Å². The molecule has 0 bridgehead atoms. The number of hydrogen-bond acceptors (Lipinski definition) is 3. The first kappa shape index (κ1) is 14.8. The van der Waals surface area contributed by atoms with E-state index in [1.807, 2.05) is 17.4 Å². The van der Waals surface area contributed by atoms with Gasteiger partial charge < -0.3 is 5.32 Å². The summed E-state index contributed by atoms with van der Waals surface area (Å²) in [5.41, 5.74) is 0. The van der Waals surface area contributed by atoms with Crippen LogP contribution in [0.2, 0.25) is 0 Å². The van der Waals surface area contributed by atoms with Gasteiger partial charge >= 0.3 is 0 Å². The number of nitrogens with zero attached hydrogens (tertiary/aromatic N) is 1. The van der Waals surface area contributed by atoms with Crippen LogP contribution in [-0.4, -0.2) is 24.0 Å². The molecule has 0 atom stereocenters. The van der Waals surface area contributed by atoms with Gasteiger partial charge in [-0.2, -0.15) is 0 Å². The van der Waals surface area contributed by atoms with E-state index in [1.165, 1.54) is 22.6 Å². The third-order valence-corrected chi connectivity index (χ3v) is 4.42. The minimum absolute atomic E-state index is 0.720. The Hall–Kier alpha value is -0.640. The Kier molecular flexibility index (Phi) is 5.61. The van der Waals surface area contributed by atoms with Crippen LogP contribution in [0.25, 0.3) is 0 Å². The summed E-state index contributed by atoms with van der Waals surface area (Å²) >= 11 is 1.95. The van der Waals surface area contributed by atoms with Gasteiger partial charge in [-0.1, -0.05) is 19.9 Å². The Bertz CT molecular complexity index is 393. The summed E-state index contributed by atoms with van der Waals surface area (Å²) in [5, 5.41) is 3.51. The average molecular weight is 278 g/mol. The zero-order chi connectivity index (χ0) is 13.7. The zero-order valence-corrected chi connectivity index (χ0v) is 13.0. The molecule has 2 rings (SSSR count). The van der Waals surface area contributed by atoms with E-state index in [4.69, 9.17) is 0 Å². The topological polar surface area (TPSA) is 15.3 Å². The van der Waals surface area contributed by atoms with Crippen molar-refractivity contribution in [3.8, 4) is 0 Å². The van der Waals surface area contributed by atoms with Crippen LogP contribution in [0.3, 0.4) is 0 Å². The van der Waals surface area contributed by atoms with Crippen LogP contribution < -0.4 is 5.32 Å². The van der Waals surface area contributed by atoms with Crippen molar-refractivity contribution < 1.29 is 0 Å². The van der Waals surface area contributed by atoms with Gasteiger partial charge in [0.1, 0.15) is 0 Å². The molecule has 0 radical (unpaired) electrons. The van der Waals surface area contributed by atoms with Gasteiger partial charge in [-0.25, -0.2) is 0 Å². The lowest BCUT2D eigenvalue weighted by molar-refractivity contribution is 0.286. The fourth-order valence-corrected chi connectivity index (χ4v) is 3.25. The highest BCUT2D eigenvalue weighted by molar-refractivity contribution is 7.11. The van der Waals surface area contributed by atoms with E-state index in [1.54, 1.807) is 0 Å². The van der Waals surface area contributed by atoms with Gasteiger partial charge in [0.05, 0.1) is 0 Å². The van der Waals surface area contributed by atoms with E-state index in [9.17, 15) is 0 Å². The second-order valence-electron chi connectivity index (χ2n) is 5.84. The first-order valence-electron chi connectivity index (χ1n) is 7.32. The normalized spacial score (nSPS) is 15.4. The van der Waals surface area contributed by atoms with Crippen LogP contribution in [0.4, 0.5) is 0 Å². The van der Waals surface area contributed by atoms with Crippen molar-refractivity contribution in [1.82, 2.24) is 10.2 Å². The first-order valence-corrected chi connectivity index (χ1v) is 8.14. The largest absolute Gasteiger partial charge is 0.312 e. The van der Waals surface area contributed by atoms with Gasteiger partial charge in [0, 0.05) is 35.4 Å². The first-order chi connectivity index (χ1) is 9.19. The molecule has 0 amide bonds. The molecule has 0 spiro atoms. The maximum atomic E-state index is 3.87. The molecule has 0 unspecified atom stereocenters. The third-order valence-electron chi connectivity index (χ3n) is 3.35. The summed E-state index contributed by atoms with van der Waals surface area (Å²) in [7, 11) is 0. The van der Waals surface area contributed by atoms with E-state index in [0.717, 1.165) is 38.1 Å². The lowest BCUT2D eigenvalue weighted by Crippen LogP contribution is -2.25. The van der Waals surface area contributed by atoms with Crippen molar-refractivity contribution >= 4 is 11.3 Å². The van der Waals surface area contributed by atoms with E-state index in [0.29, 0.717) is 0 Å². The predicted octanol–water partition coefficient (Wildman–Crippen LogP) is 3.64. The van der Waals surface area contributed by atoms with Crippen LogP contribution in [0, 0.1) is 5.92 Å². The van der Waals surface area contributed by atoms with Crippen LogP contribution in [0.1, 0.15) is 36.4 Å². The van der Waals surface area contributed by atoms with E-state index < -0.39 is 0 Å². The molecule has 1 aromatic rings. The van der Waals surface area contributed by atoms with Crippen molar-refractivity contribution in [2.75, 3.05) is 13.1 Å². The average Bonchev–Trinajstić information content (AvgIpc) is 3.11. The lowest BCUT2D eigenvalue weighted by Gasteiger charge is -2.18. The molecule has 19 heavy (non-hydrogen) atoms. The molecule has 1 saturated carbocycles. The molecule has 0 saturated heterocycles. The second-order valence-corrected chi connectivity index (χ2v) is 7.09. The van der Waals surface area contributed by atoms with E-state index in [-0.39, 0.29) is 0 Å². The van der Waals surface area contributed by atoms with Gasteiger partial charge in [-0.05, 0) is 37.4 Å². The Balaban J connectivity index is 1.80. The van der Waals surface area contributed by atoms with Gasteiger partial charge in [0.2, 0.25) is 0 Å². The molecule has 1 N–H and O–H groups in total. The van der Waals surface area contributed by atoms with Crippen LogP contribution in [-0.2, 0) is 13.1 Å². The van der Waals surface area contributed by atoms with Gasteiger partial charge in [-0.3, -0.25) is 4.90 Å². The van der Waals surface area contributed by atoms with Crippen LogP contribution in [0.15, 0.2) is 24.8 Å². The smallest absolute Gasteiger partial charge is 0.0334 e. The molecule has 1 fully saturated rings. The fraction of sp³-hybridized carbons (Fsp3) is 0.625. The molecule has 0 aliphatic heterocycles. The molecule has 2 nitrogen and oxygen atoms in total. The molecule has 3 heteroatoms. The summed E-state index contributed by atoms with van der Waals surface area (Å²) in [6.45, 7) is 12.6. The third kappa shape index (κ3) is 5.09. The monoisotopic (exact) mass is 278 g/mol. The molecule has 1 aliphatic carbocycles. The van der Waals surface area contributed by atoms with Crippen molar-refractivity contribution in [2.24, 2.45) is 5.92 Å². The molecule has 0 aromatic carbocycles. The number of nitrogens with one attached hydrogen (secondary N) is 1. The molecular formula is C16H26N2S. The summed E-state index contributed by atoms with van der Waals surface area (Å²) in [6.07, 6.45) is 4.75. The Morgan fingerprint density at radius 2 is 2.16 bits per heavy atom. The summed E-state index contributed by atoms with van der Waals surface area (Å²) in [5.74, 6) is 0.720. The van der Waals surface area contributed by atoms with Gasteiger partial charge in [-0.15, -0.1) is 17.9 Å². The maximum Gasteiger partial charge on any atom is 0.0334 e. The quantitative estimate of drug-likeness (QED) is 0.694. The summed E-state index contributed by atoms with van der Waals surface area (Å²) < 4.78 is 0. The molecular weight excluding hydrogens is 252 g/mol.